The Hall–Kier alpha value is -0.910. The smallest absolute Gasteiger partial charge is 0.174 e. The number of hydrogen-bond acceptors (Lipinski definition) is 5. The van der Waals surface area contributed by atoms with E-state index in [1.807, 2.05) is 31.2 Å². The fourth-order valence-corrected chi connectivity index (χ4v) is 2.99. The number of benzene rings is 1. The maximum Gasteiger partial charge on any atom is 0.174 e. The predicted molar refractivity (Wildman–Crippen MR) is 66.6 cm³/mol. The summed E-state index contributed by atoms with van der Waals surface area (Å²) in [6.45, 7) is 2.06. The first-order valence-electron chi connectivity index (χ1n) is 4.89. The second kappa shape index (κ2) is 5.43. The van der Waals surface area contributed by atoms with E-state index in [0.717, 1.165) is 20.7 Å². The van der Waals surface area contributed by atoms with Gasteiger partial charge in [-0.1, -0.05) is 47.4 Å². The van der Waals surface area contributed by atoms with Gasteiger partial charge in [-0.15, -0.1) is 10.2 Å². The highest BCUT2D eigenvalue weighted by Gasteiger charge is 2.01. The summed E-state index contributed by atoms with van der Waals surface area (Å²) >= 11 is 3.31. The van der Waals surface area contributed by atoms with Crippen LogP contribution in [0.15, 0.2) is 28.6 Å². The Kier molecular flexibility index (Phi) is 3.93. The first-order valence-corrected chi connectivity index (χ1v) is 6.70. The predicted octanol–water partition coefficient (Wildman–Crippen LogP) is 2.63. The van der Waals surface area contributed by atoms with Crippen molar-refractivity contribution in [3.63, 3.8) is 0 Å². The highest BCUT2D eigenvalue weighted by Crippen LogP contribution is 2.25. The highest BCUT2D eigenvalue weighted by atomic mass is 32.2. The van der Waals surface area contributed by atoms with Gasteiger partial charge < -0.3 is 5.11 Å². The van der Waals surface area contributed by atoms with Crippen LogP contribution in [-0.2, 0) is 12.4 Å². The van der Waals surface area contributed by atoms with Crippen LogP contribution in [0.5, 0.6) is 0 Å². The molecule has 0 bridgehead atoms. The van der Waals surface area contributed by atoms with Crippen molar-refractivity contribution in [1.29, 1.82) is 0 Å². The number of hydrogen-bond donors (Lipinski definition) is 1. The Balaban J connectivity index is 1.94. The second-order valence-electron chi connectivity index (χ2n) is 3.35. The molecule has 1 heterocycles. The minimum absolute atomic E-state index is 0.100. The third-order valence-corrected chi connectivity index (χ3v) is 4.12. The molecule has 0 saturated carbocycles. The van der Waals surface area contributed by atoms with E-state index < -0.39 is 0 Å². The average molecular weight is 252 g/mol. The summed E-state index contributed by atoms with van der Waals surface area (Å²) in [4.78, 5) is 0. The summed E-state index contributed by atoms with van der Waals surface area (Å²) in [7, 11) is 0. The molecule has 3 nitrogen and oxygen atoms in total. The maximum atomic E-state index is 8.92. The Morgan fingerprint density at radius 2 is 1.88 bits per heavy atom. The van der Waals surface area contributed by atoms with Crippen LogP contribution in [0.1, 0.15) is 16.1 Å². The van der Waals surface area contributed by atoms with Crippen LogP contribution in [-0.4, -0.2) is 15.3 Å². The van der Waals surface area contributed by atoms with E-state index in [1.54, 1.807) is 23.1 Å². The first kappa shape index (κ1) is 11.6. The van der Waals surface area contributed by atoms with Crippen LogP contribution < -0.4 is 0 Å². The van der Waals surface area contributed by atoms with Gasteiger partial charge in [0, 0.05) is 5.75 Å². The van der Waals surface area contributed by atoms with Gasteiger partial charge in [-0.05, 0) is 18.1 Å². The lowest BCUT2D eigenvalue weighted by atomic mass is 10.2. The summed E-state index contributed by atoms with van der Waals surface area (Å²) in [5.74, 6) is 0.889. The van der Waals surface area contributed by atoms with Gasteiger partial charge in [-0.3, -0.25) is 0 Å². The lowest BCUT2D eigenvalue weighted by Gasteiger charge is -2.00. The van der Waals surface area contributed by atoms with E-state index >= 15 is 0 Å². The fourth-order valence-electron chi connectivity index (χ4n) is 1.22. The van der Waals surface area contributed by atoms with Gasteiger partial charge in [0.2, 0.25) is 0 Å². The van der Waals surface area contributed by atoms with Gasteiger partial charge in [0.15, 0.2) is 4.34 Å². The summed E-state index contributed by atoms with van der Waals surface area (Å²) in [5.41, 5.74) is 2.18. The van der Waals surface area contributed by atoms with E-state index in [2.05, 4.69) is 10.2 Å². The zero-order valence-corrected chi connectivity index (χ0v) is 10.5. The zero-order chi connectivity index (χ0) is 11.4. The topological polar surface area (TPSA) is 46.0 Å². The number of nitrogens with zero attached hydrogens (tertiary/aromatic N) is 2. The lowest BCUT2D eigenvalue weighted by Crippen LogP contribution is -1.84. The number of aliphatic hydroxyl groups excluding tert-OH is 1. The van der Waals surface area contributed by atoms with Crippen molar-refractivity contribution in [2.75, 3.05) is 0 Å². The molecule has 0 unspecified atom stereocenters. The van der Waals surface area contributed by atoms with Crippen molar-refractivity contribution in [2.24, 2.45) is 0 Å². The quantitative estimate of drug-likeness (QED) is 0.850. The number of rotatable bonds is 4. The summed E-state index contributed by atoms with van der Waals surface area (Å²) in [6, 6.07) is 7.96. The van der Waals surface area contributed by atoms with E-state index in [0.29, 0.717) is 0 Å². The Morgan fingerprint density at radius 1 is 1.19 bits per heavy atom. The van der Waals surface area contributed by atoms with Gasteiger partial charge >= 0.3 is 0 Å². The van der Waals surface area contributed by atoms with Crippen molar-refractivity contribution in [2.45, 2.75) is 23.6 Å². The van der Waals surface area contributed by atoms with Crippen LogP contribution in [0, 0.1) is 6.92 Å². The molecule has 2 rings (SSSR count). The molecule has 1 aromatic carbocycles. The molecule has 0 aliphatic heterocycles. The fraction of sp³-hybridized carbons (Fsp3) is 0.273. The molecule has 0 aliphatic carbocycles. The van der Waals surface area contributed by atoms with Crippen molar-refractivity contribution in [3.8, 4) is 0 Å². The first-order chi connectivity index (χ1) is 7.78. The highest BCUT2D eigenvalue weighted by molar-refractivity contribution is 8.00. The summed E-state index contributed by atoms with van der Waals surface area (Å²) in [6.07, 6.45) is 0. The molecule has 2 aromatic rings. The van der Waals surface area contributed by atoms with Crippen LogP contribution in [0.25, 0.3) is 0 Å². The van der Waals surface area contributed by atoms with Crippen molar-refractivity contribution >= 4 is 23.1 Å². The lowest BCUT2D eigenvalue weighted by molar-refractivity contribution is 0.282. The van der Waals surface area contributed by atoms with Gasteiger partial charge in [0.05, 0.1) is 6.61 Å². The molecule has 0 atom stereocenters. The average Bonchev–Trinajstić information content (AvgIpc) is 2.73. The van der Waals surface area contributed by atoms with Crippen LogP contribution >= 0.6 is 23.1 Å². The van der Waals surface area contributed by atoms with Crippen molar-refractivity contribution in [3.05, 3.63) is 40.4 Å². The molecule has 0 aliphatic rings. The van der Waals surface area contributed by atoms with E-state index in [4.69, 9.17) is 5.11 Å². The van der Waals surface area contributed by atoms with Gasteiger partial charge in [0.1, 0.15) is 5.01 Å². The number of aromatic nitrogens is 2. The molecule has 16 heavy (non-hydrogen) atoms. The number of thioether (sulfide) groups is 1. The van der Waals surface area contributed by atoms with Gasteiger partial charge in [-0.2, -0.15) is 0 Å². The molecule has 0 fully saturated rings. The monoisotopic (exact) mass is 252 g/mol. The Bertz CT molecular complexity index is 453. The molecule has 84 valence electrons. The molecular weight excluding hydrogens is 240 g/mol. The van der Waals surface area contributed by atoms with E-state index in [-0.39, 0.29) is 6.61 Å². The third-order valence-electron chi connectivity index (χ3n) is 2.08. The number of aryl methyl sites for hydroxylation is 1. The van der Waals surface area contributed by atoms with Crippen LogP contribution in [0.4, 0.5) is 0 Å². The largest absolute Gasteiger partial charge is 0.392 e. The Labute approximate surface area is 103 Å². The van der Waals surface area contributed by atoms with E-state index in [9.17, 15) is 0 Å². The Morgan fingerprint density at radius 3 is 2.44 bits per heavy atom. The molecule has 0 spiro atoms. The maximum absolute atomic E-state index is 8.92. The molecule has 1 N–H and O–H groups in total. The summed E-state index contributed by atoms with van der Waals surface area (Å²) in [5, 5.41) is 17.9. The van der Waals surface area contributed by atoms with Crippen LogP contribution in [0.3, 0.4) is 0 Å². The zero-order valence-electron chi connectivity index (χ0n) is 8.88. The van der Waals surface area contributed by atoms with Crippen molar-refractivity contribution in [1.82, 2.24) is 10.2 Å². The molecule has 0 saturated heterocycles. The standard InChI is InChI=1S/C11H12N2OS2/c1-8-12-13-11(16-8)15-7-10-4-2-9(6-14)3-5-10/h2-5,14H,6-7H2,1H3. The van der Waals surface area contributed by atoms with Gasteiger partial charge in [0.25, 0.3) is 0 Å². The van der Waals surface area contributed by atoms with E-state index in [1.165, 1.54) is 5.56 Å². The molecule has 5 heteroatoms. The molecule has 0 radical (unpaired) electrons. The summed E-state index contributed by atoms with van der Waals surface area (Å²) < 4.78 is 1.00. The van der Waals surface area contributed by atoms with Crippen LogP contribution in [0.2, 0.25) is 0 Å². The minimum atomic E-state index is 0.100. The normalized spacial score (nSPS) is 10.6. The third kappa shape index (κ3) is 3.04. The SMILES string of the molecule is Cc1nnc(SCc2ccc(CO)cc2)s1. The van der Waals surface area contributed by atoms with Crippen molar-refractivity contribution < 1.29 is 5.11 Å². The second-order valence-corrected chi connectivity index (χ2v) is 5.75. The molecule has 0 amide bonds. The molecular formula is C11H12N2OS2. The minimum Gasteiger partial charge on any atom is -0.392 e. The molecule has 1 aromatic heterocycles. The van der Waals surface area contributed by atoms with Gasteiger partial charge in [-0.25, -0.2) is 0 Å². The number of aliphatic hydroxyl groups is 1.